The van der Waals surface area contributed by atoms with Crippen molar-refractivity contribution in [2.45, 2.75) is 51.9 Å². The van der Waals surface area contributed by atoms with E-state index in [4.69, 9.17) is 0 Å². The topological polar surface area (TPSA) is 0 Å². The quantitative estimate of drug-likeness (QED) is 0.373. The van der Waals surface area contributed by atoms with Crippen molar-refractivity contribution in [2.75, 3.05) is 0 Å². The lowest BCUT2D eigenvalue weighted by molar-refractivity contribution is 0.0223. The van der Waals surface area contributed by atoms with E-state index in [1.165, 1.54) is 59.2 Å². The monoisotopic (exact) mass is 360 g/mol. The van der Waals surface area contributed by atoms with E-state index in [9.17, 15) is 0 Å². The molecule has 0 amide bonds. The van der Waals surface area contributed by atoms with Gasteiger partial charge < -0.3 is 0 Å². The molecular formula is C27H36. The van der Waals surface area contributed by atoms with E-state index < -0.39 is 0 Å². The first-order chi connectivity index (χ1) is 13.3. The average Bonchev–Trinajstić information content (AvgIpc) is 3.51. The fourth-order valence-corrected chi connectivity index (χ4v) is 13.7. The summed E-state index contributed by atoms with van der Waals surface area (Å²) in [5.74, 6) is 19.6. The van der Waals surface area contributed by atoms with Gasteiger partial charge in [0.2, 0.25) is 0 Å². The van der Waals surface area contributed by atoms with Gasteiger partial charge in [0, 0.05) is 0 Å². The van der Waals surface area contributed by atoms with Crippen molar-refractivity contribution in [1.29, 1.82) is 0 Å². The molecular weight excluding hydrogens is 324 g/mol. The van der Waals surface area contributed by atoms with Crippen molar-refractivity contribution in [3.63, 3.8) is 0 Å². The summed E-state index contributed by atoms with van der Waals surface area (Å²) >= 11 is 0. The average molecular weight is 361 g/mol. The number of allylic oxidation sites excluding steroid dienone is 2. The van der Waals surface area contributed by atoms with E-state index in [0.29, 0.717) is 0 Å². The first-order valence-corrected chi connectivity index (χ1v) is 13.0. The highest BCUT2D eigenvalue weighted by atomic mass is 14.8. The first-order valence-electron chi connectivity index (χ1n) is 13.0. The SMILES string of the molecule is CC1C2CC(C3C4CCC(C4)C13)C1C3CC(C4CC5C6C=CC(C6)C5C43)C21. The number of hydrogen-bond donors (Lipinski definition) is 0. The zero-order valence-corrected chi connectivity index (χ0v) is 16.9. The van der Waals surface area contributed by atoms with Crippen LogP contribution in [0.2, 0.25) is 0 Å². The second-order valence-electron chi connectivity index (χ2n) is 13.3. The van der Waals surface area contributed by atoms with Crippen LogP contribution < -0.4 is 0 Å². The lowest BCUT2D eigenvalue weighted by atomic mass is 9.59. The summed E-state index contributed by atoms with van der Waals surface area (Å²) in [6, 6.07) is 0. The van der Waals surface area contributed by atoms with Crippen molar-refractivity contribution in [3.05, 3.63) is 12.2 Å². The van der Waals surface area contributed by atoms with E-state index in [2.05, 4.69) is 19.1 Å². The minimum atomic E-state index is 1.01. The van der Waals surface area contributed by atoms with Gasteiger partial charge in [0.1, 0.15) is 0 Å². The van der Waals surface area contributed by atoms with Crippen molar-refractivity contribution in [1.82, 2.24) is 0 Å². The van der Waals surface area contributed by atoms with Crippen LogP contribution in [0.15, 0.2) is 12.2 Å². The van der Waals surface area contributed by atoms with Crippen LogP contribution >= 0.6 is 0 Å². The molecule has 0 nitrogen and oxygen atoms in total. The fourth-order valence-electron chi connectivity index (χ4n) is 13.7. The summed E-state index contributed by atoms with van der Waals surface area (Å²) in [7, 11) is 0. The number of fused-ring (bicyclic) bond motifs is 24. The summed E-state index contributed by atoms with van der Waals surface area (Å²) in [4.78, 5) is 0. The van der Waals surface area contributed by atoms with Gasteiger partial charge in [0.15, 0.2) is 0 Å². The van der Waals surface area contributed by atoms with Gasteiger partial charge in [-0.25, -0.2) is 0 Å². The summed E-state index contributed by atoms with van der Waals surface area (Å²) in [6.07, 6.45) is 16.8. The van der Waals surface area contributed by atoms with E-state index in [0.717, 1.165) is 41.4 Å². The molecule has 0 heterocycles. The predicted molar refractivity (Wildman–Crippen MR) is 106 cm³/mol. The van der Waals surface area contributed by atoms with Crippen molar-refractivity contribution < 1.29 is 0 Å². The van der Waals surface area contributed by atoms with Crippen molar-refractivity contribution in [3.8, 4) is 0 Å². The maximum atomic E-state index is 2.75. The van der Waals surface area contributed by atoms with Crippen molar-refractivity contribution in [2.24, 2.45) is 101 Å². The van der Waals surface area contributed by atoms with Gasteiger partial charge in [-0.3, -0.25) is 0 Å². The van der Waals surface area contributed by atoms with Crippen LogP contribution in [-0.4, -0.2) is 0 Å². The molecule has 0 aromatic carbocycles. The standard InChI is InChI=1S/C27H36/c1-11-16-8-20(24-15-5-4-13(7-15)22(11)24)27-21-10-19(25(16)27)18-9-17-12-2-3-14(6-12)23(17)26(18)21/h2-3,11-27H,4-10H2,1H3. The number of rotatable bonds is 0. The summed E-state index contributed by atoms with van der Waals surface area (Å²) in [5.41, 5.74) is 0. The van der Waals surface area contributed by atoms with Crippen LogP contribution in [0.25, 0.3) is 0 Å². The molecule has 0 N–H and O–H groups in total. The minimum Gasteiger partial charge on any atom is -0.0848 e. The second-order valence-corrected chi connectivity index (χ2v) is 13.3. The van der Waals surface area contributed by atoms with Gasteiger partial charge in [-0.2, -0.15) is 0 Å². The van der Waals surface area contributed by atoms with Crippen LogP contribution in [0.4, 0.5) is 0 Å². The Morgan fingerprint density at radius 1 is 0.481 bits per heavy atom. The van der Waals surface area contributed by atoms with Gasteiger partial charge >= 0.3 is 0 Å². The molecule has 17 unspecified atom stereocenters. The highest BCUT2D eigenvalue weighted by Crippen LogP contribution is 2.79. The molecule has 144 valence electrons. The smallest absolute Gasteiger partial charge is 0.0194 e. The molecule has 0 aliphatic heterocycles. The van der Waals surface area contributed by atoms with Gasteiger partial charge in [-0.1, -0.05) is 19.1 Å². The molecule has 0 aromatic heterocycles. The molecule has 9 aliphatic rings. The van der Waals surface area contributed by atoms with E-state index in [1.807, 2.05) is 0 Å². The highest BCUT2D eigenvalue weighted by molar-refractivity contribution is 5.25. The van der Waals surface area contributed by atoms with Crippen LogP contribution in [0, 0.1) is 101 Å². The second kappa shape index (κ2) is 4.41. The van der Waals surface area contributed by atoms with Crippen LogP contribution in [-0.2, 0) is 0 Å². The summed E-state index contributed by atoms with van der Waals surface area (Å²) in [5, 5.41) is 0. The van der Waals surface area contributed by atoms with Crippen molar-refractivity contribution >= 4 is 0 Å². The molecule has 0 heteroatoms. The highest BCUT2D eigenvalue weighted by Gasteiger charge is 2.74. The molecule has 17 atom stereocenters. The van der Waals surface area contributed by atoms with Gasteiger partial charge in [-0.05, 0) is 146 Å². The Labute approximate surface area is 164 Å². The Morgan fingerprint density at radius 2 is 1.11 bits per heavy atom. The maximum absolute atomic E-state index is 2.75. The van der Waals surface area contributed by atoms with E-state index in [-0.39, 0.29) is 0 Å². The van der Waals surface area contributed by atoms with E-state index in [1.54, 1.807) is 44.9 Å². The molecule has 9 aliphatic carbocycles. The zero-order valence-electron chi connectivity index (χ0n) is 16.9. The Morgan fingerprint density at radius 3 is 2.00 bits per heavy atom. The van der Waals surface area contributed by atoms with E-state index >= 15 is 0 Å². The lowest BCUT2D eigenvalue weighted by Gasteiger charge is -2.46. The Hall–Kier alpha value is -0.260. The summed E-state index contributed by atoms with van der Waals surface area (Å²) in [6.45, 7) is 2.75. The Bertz CT molecular complexity index is 749. The lowest BCUT2D eigenvalue weighted by Crippen LogP contribution is -2.40. The molecule has 9 rings (SSSR count). The van der Waals surface area contributed by atoms with Gasteiger partial charge in [-0.15, -0.1) is 0 Å². The van der Waals surface area contributed by atoms with Crippen LogP contribution in [0.3, 0.4) is 0 Å². The molecule has 0 spiro atoms. The molecule has 0 saturated heterocycles. The van der Waals surface area contributed by atoms with Gasteiger partial charge in [0.05, 0.1) is 0 Å². The molecule has 0 radical (unpaired) electrons. The Kier molecular flexibility index (Phi) is 2.40. The van der Waals surface area contributed by atoms with Crippen LogP contribution in [0.1, 0.15) is 51.9 Å². The zero-order chi connectivity index (χ0) is 17.2. The van der Waals surface area contributed by atoms with Gasteiger partial charge in [0.25, 0.3) is 0 Å². The normalized spacial score (nSPS) is 75.5. The number of hydrogen-bond acceptors (Lipinski definition) is 0. The molecule has 27 heavy (non-hydrogen) atoms. The third kappa shape index (κ3) is 1.40. The molecule has 8 fully saturated rings. The van der Waals surface area contributed by atoms with Crippen LogP contribution in [0.5, 0.6) is 0 Å². The fraction of sp³-hybridized carbons (Fsp3) is 0.926. The third-order valence-electron chi connectivity index (χ3n) is 13.6. The summed E-state index contributed by atoms with van der Waals surface area (Å²) < 4.78 is 0. The largest absolute Gasteiger partial charge is 0.0848 e. The molecule has 8 bridgehead atoms. The molecule has 8 saturated carbocycles. The minimum absolute atomic E-state index is 1.01. The maximum Gasteiger partial charge on any atom is -0.0194 e. The molecule has 0 aromatic rings. The predicted octanol–water partition coefficient (Wildman–Crippen LogP) is 5.89. The Balaban J connectivity index is 1.14. The third-order valence-corrected chi connectivity index (χ3v) is 13.6. The first kappa shape index (κ1) is 14.7.